The molecule has 0 bridgehead atoms. The van der Waals surface area contributed by atoms with Crippen molar-refractivity contribution in [2.75, 3.05) is 20.7 Å². The maximum absolute atomic E-state index is 10.4. The van der Waals surface area contributed by atoms with Gasteiger partial charge in [-0.25, -0.2) is 0 Å². The summed E-state index contributed by atoms with van der Waals surface area (Å²) >= 11 is 0. The zero-order valence-corrected chi connectivity index (χ0v) is 10.0. The number of hydrogen-bond acceptors (Lipinski definition) is 4. The highest BCUT2D eigenvalue weighted by Crippen LogP contribution is 2.29. The molecule has 0 saturated carbocycles. The summed E-state index contributed by atoms with van der Waals surface area (Å²) in [5, 5.41) is 18.4. The molecule has 1 rings (SSSR count). The van der Waals surface area contributed by atoms with E-state index >= 15 is 0 Å². The average molecular weight is 239 g/mol. The van der Waals surface area contributed by atoms with Crippen LogP contribution >= 0.6 is 0 Å². The fraction of sp³-hybridized carbons (Fsp3) is 0.417. The molecule has 17 heavy (non-hydrogen) atoms. The molecule has 0 atom stereocenters. The van der Waals surface area contributed by atoms with E-state index in [-0.39, 0.29) is 12.2 Å². The Hall–Kier alpha value is -1.75. The summed E-state index contributed by atoms with van der Waals surface area (Å²) < 4.78 is 5.00. The molecular weight excluding hydrogens is 222 g/mol. The van der Waals surface area contributed by atoms with Crippen LogP contribution in [-0.4, -0.2) is 41.8 Å². The summed E-state index contributed by atoms with van der Waals surface area (Å²) in [7, 11) is 3.30. The van der Waals surface area contributed by atoms with E-state index in [9.17, 15) is 9.90 Å². The van der Waals surface area contributed by atoms with Gasteiger partial charge in [0.05, 0.1) is 13.5 Å². The molecule has 0 unspecified atom stereocenters. The van der Waals surface area contributed by atoms with Crippen molar-refractivity contribution in [3.05, 3.63) is 23.8 Å². The third-order valence-corrected chi connectivity index (χ3v) is 2.45. The molecule has 0 aliphatic heterocycles. The van der Waals surface area contributed by atoms with Gasteiger partial charge in [0, 0.05) is 18.7 Å². The molecule has 1 aromatic rings. The lowest BCUT2D eigenvalue weighted by Gasteiger charge is -2.17. The van der Waals surface area contributed by atoms with E-state index in [1.807, 2.05) is 11.9 Å². The molecule has 0 spiro atoms. The van der Waals surface area contributed by atoms with E-state index in [1.54, 1.807) is 18.2 Å². The number of methoxy groups -OCH3 is 1. The first-order valence-electron chi connectivity index (χ1n) is 5.29. The molecule has 0 aliphatic rings. The zero-order valence-electron chi connectivity index (χ0n) is 10.0. The lowest BCUT2D eigenvalue weighted by Crippen LogP contribution is -2.21. The molecule has 0 radical (unpaired) electrons. The maximum Gasteiger partial charge on any atom is 0.304 e. The highest BCUT2D eigenvalue weighted by atomic mass is 16.5. The van der Waals surface area contributed by atoms with E-state index in [4.69, 9.17) is 9.84 Å². The van der Waals surface area contributed by atoms with E-state index in [2.05, 4.69) is 0 Å². The molecule has 5 nitrogen and oxygen atoms in total. The summed E-state index contributed by atoms with van der Waals surface area (Å²) in [6.45, 7) is 0.919. The van der Waals surface area contributed by atoms with Crippen LogP contribution in [0.3, 0.4) is 0 Å². The molecule has 94 valence electrons. The number of aromatic hydroxyl groups is 1. The first-order chi connectivity index (χ1) is 8.04. The van der Waals surface area contributed by atoms with Gasteiger partial charge < -0.3 is 19.8 Å². The Morgan fingerprint density at radius 1 is 1.47 bits per heavy atom. The van der Waals surface area contributed by atoms with Gasteiger partial charge in [0.2, 0.25) is 0 Å². The molecule has 0 fully saturated rings. The van der Waals surface area contributed by atoms with E-state index in [0.29, 0.717) is 18.8 Å². The predicted molar refractivity (Wildman–Crippen MR) is 63.2 cm³/mol. The second kappa shape index (κ2) is 6.10. The van der Waals surface area contributed by atoms with Crippen molar-refractivity contribution in [3.8, 4) is 11.5 Å². The number of hydrogen-bond donors (Lipinski definition) is 2. The van der Waals surface area contributed by atoms with Crippen LogP contribution in [0.4, 0.5) is 0 Å². The predicted octanol–water partition coefficient (Wildman–Crippen LogP) is 1.31. The van der Waals surface area contributed by atoms with E-state index in [0.717, 1.165) is 5.56 Å². The van der Waals surface area contributed by atoms with Crippen LogP contribution in [0, 0.1) is 0 Å². The SMILES string of the molecule is COc1cccc(CN(C)CCC(=O)O)c1O. The highest BCUT2D eigenvalue weighted by Gasteiger charge is 2.10. The number of nitrogens with zero attached hydrogens (tertiary/aromatic N) is 1. The highest BCUT2D eigenvalue weighted by molar-refractivity contribution is 5.66. The smallest absolute Gasteiger partial charge is 0.304 e. The number of benzene rings is 1. The second-order valence-corrected chi connectivity index (χ2v) is 3.85. The Kier molecular flexibility index (Phi) is 4.78. The summed E-state index contributed by atoms with van der Waals surface area (Å²) in [6, 6.07) is 5.25. The van der Waals surface area contributed by atoms with Gasteiger partial charge in [-0.1, -0.05) is 12.1 Å². The summed E-state index contributed by atoms with van der Waals surface area (Å²) in [5.74, 6) is -0.293. The summed E-state index contributed by atoms with van der Waals surface area (Å²) in [4.78, 5) is 12.3. The zero-order chi connectivity index (χ0) is 12.8. The molecule has 1 aromatic carbocycles. The first-order valence-corrected chi connectivity index (χ1v) is 5.29. The molecule has 5 heteroatoms. The Labute approximate surface area is 100 Å². The Balaban J connectivity index is 2.64. The fourth-order valence-electron chi connectivity index (χ4n) is 1.52. The lowest BCUT2D eigenvalue weighted by molar-refractivity contribution is -0.137. The van der Waals surface area contributed by atoms with Crippen LogP contribution in [0.5, 0.6) is 11.5 Å². The van der Waals surface area contributed by atoms with Crippen LogP contribution in [0.25, 0.3) is 0 Å². The monoisotopic (exact) mass is 239 g/mol. The third kappa shape index (κ3) is 3.96. The van der Waals surface area contributed by atoms with Gasteiger partial charge in [0.25, 0.3) is 0 Å². The molecule has 0 aromatic heterocycles. The van der Waals surface area contributed by atoms with Gasteiger partial charge in [-0.3, -0.25) is 4.79 Å². The Morgan fingerprint density at radius 3 is 2.76 bits per heavy atom. The molecule has 0 saturated heterocycles. The average Bonchev–Trinajstić information content (AvgIpc) is 2.29. The molecule has 2 N–H and O–H groups in total. The topological polar surface area (TPSA) is 70.0 Å². The largest absolute Gasteiger partial charge is 0.504 e. The number of carboxylic acid groups (broad SMARTS) is 1. The van der Waals surface area contributed by atoms with Gasteiger partial charge >= 0.3 is 5.97 Å². The summed E-state index contributed by atoms with van der Waals surface area (Å²) in [6.07, 6.45) is 0.0846. The third-order valence-electron chi connectivity index (χ3n) is 2.45. The Morgan fingerprint density at radius 2 is 2.18 bits per heavy atom. The van der Waals surface area contributed by atoms with Crippen molar-refractivity contribution in [3.63, 3.8) is 0 Å². The molecule has 0 heterocycles. The van der Waals surface area contributed by atoms with Gasteiger partial charge in [-0.15, -0.1) is 0 Å². The normalized spacial score (nSPS) is 10.5. The minimum Gasteiger partial charge on any atom is -0.504 e. The number of aliphatic carboxylic acids is 1. The lowest BCUT2D eigenvalue weighted by atomic mass is 10.1. The van der Waals surface area contributed by atoms with Crippen LogP contribution < -0.4 is 4.74 Å². The molecule has 0 aliphatic carbocycles. The van der Waals surface area contributed by atoms with Crippen molar-refractivity contribution in [1.29, 1.82) is 0 Å². The van der Waals surface area contributed by atoms with Crippen molar-refractivity contribution < 1.29 is 19.7 Å². The number of phenolic OH excluding ortho intramolecular Hbond substituents is 1. The van der Waals surface area contributed by atoms with Crippen LogP contribution in [0.1, 0.15) is 12.0 Å². The second-order valence-electron chi connectivity index (χ2n) is 3.85. The van der Waals surface area contributed by atoms with Gasteiger partial charge in [-0.2, -0.15) is 0 Å². The number of rotatable bonds is 6. The van der Waals surface area contributed by atoms with Crippen LogP contribution in [-0.2, 0) is 11.3 Å². The standard InChI is InChI=1S/C12H17NO4/c1-13(7-6-11(14)15)8-9-4-3-5-10(17-2)12(9)16/h3-5,16H,6-8H2,1-2H3,(H,14,15). The van der Waals surface area contributed by atoms with Gasteiger partial charge in [0.1, 0.15) is 0 Å². The minimum absolute atomic E-state index is 0.0846. The number of ether oxygens (including phenoxy) is 1. The van der Waals surface area contributed by atoms with Crippen LogP contribution in [0.2, 0.25) is 0 Å². The number of carbonyl (C=O) groups is 1. The minimum atomic E-state index is -0.827. The van der Waals surface area contributed by atoms with Crippen molar-refractivity contribution in [2.24, 2.45) is 0 Å². The number of carboxylic acids is 1. The molecule has 0 amide bonds. The quantitative estimate of drug-likeness (QED) is 0.783. The van der Waals surface area contributed by atoms with E-state index in [1.165, 1.54) is 7.11 Å². The number of para-hydroxylation sites is 1. The van der Waals surface area contributed by atoms with Crippen LogP contribution in [0.15, 0.2) is 18.2 Å². The summed E-state index contributed by atoms with van der Waals surface area (Å²) in [5.41, 5.74) is 0.720. The molecular formula is C12H17NO4. The van der Waals surface area contributed by atoms with Crippen molar-refractivity contribution in [1.82, 2.24) is 4.90 Å². The first kappa shape index (κ1) is 13.3. The van der Waals surface area contributed by atoms with Gasteiger partial charge in [0.15, 0.2) is 11.5 Å². The van der Waals surface area contributed by atoms with Crippen molar-refractivity contribution >= 4 is 5.97 Å². The number of phenols is 1. The van der Waals surface area contributed by atoms with Crippen molar-refractivity contribution in [2.45, 2.75) is 13.0 Å². The fourth-order valence-corrected chi connectivity index (χ4v) is 1.52. The Bertz CT molecular complexity index is 392. The van der Waals surface area contributed by atoms with Gasteiger partial charge in [-0.05, 0) is 13.1 Å². The van der Waals surface area contributed by atoms with E-state index < -0.39 is 5.97 Å². The maximum atomic E-state index is 10.4.